The molecule has 9 heteroatoms. The fourth-order valence-electron chi connectivity index (χ4n) is 4.04. The Balaban J connectivity index is 1.80. The molecule has 166 valence electrons. The van der Waals surface area contributed by atoms with Crippen molar-refractivity contribution >= 4 is 31.8 Å². The second-order valence-electron chi connectivity index (χ2n) is 8.37. The molecule has 0 atom stereocenters. The van der Waals surface area contributed by atoms with E-state index in [-0.39, 0.29) is 16.3 Å². The van der Waals surface area contributed by atoms with Crippen LogP contribution in [-0.4, -0.2) is 33.7 Å². The summed E-state index contributed by atoms with van der Waals surface area (Å²) in [6.45, 7) is 2.36. The molecule has 4 aromatic rings. The number of nitrogens with zero attached hydrogens (tertiary/aromatic N) is 4. The van der Waals surface area contributed by atoms with E-state index in [0.717, 1.165) is 30.7 Å². The summed E-state index contributed by atoms with van der Waals surface area (Å²) >= 11 is 0. The Kier molecular flexibility index (Phi) is 4.60. The first-order valence-corrected chi connectivity index (χ1v) is 12.1. The Labute approximate surface area is 184 Å². The van der Waals surface area contributed by atoms with Crippen molar-refractivity contribution in [1.29, 1.82) is 0 Å². The largest absolute Gasteiger partial charge is 0.324 e. The molecule has 6 nitrogen and oxygen atoms in total. The van der Waals surface area contributed by atoms with Crippen molar-refractivity contribution in [3.63, 3.8) is 0 Å². The molecule has 1 saturated carbocycles. The Hall–Kier alpha value is -2.94. The van der Waals surface area contributed by atoms with Crippen molar-refractivity contribution in [2.75, 3.05) is 5.75 Å². The third-order valence-electron chi connectivity index (χ3n) is 6.02. The second-order valence-corrected chi connectivity index (χ2v) is 10.6. The molecule has 0 saturated heterocycles. The van der Waals surface area contributed by atoms with Gasteiger partial charge in [0.2, 0.25) is 0 Å². The van der Waals surface area contributed by atoms with Crippen molar-refractivity contribution in [3.05, 3.63) is 47.8 Å². The van der Waals surface area contributed by atoms with Crippen molar-refractivity contribution < 1.29 is 17.2 Å². The number of sulfone groups is 1. The zero-order valence-electron chi connectivity index (χ0n) is 17.9. The zero-order chi connectivity index (χ0) is 22.8. The first-order valence-electron chi connectivity index (χ1n) is 10.5. The third-order valence-corrected chi connectivity index (χ3v) is 7.76. The maximum atomic E-state index is 13.8. The van der Waals surface area contributed by atoms with Crippen molar-refractivity contribution in [1.82, 2.24) is 19.5 Å². The topological polar surface area (TPSA) is 77.7 Å². The lowest BCUT2D eigenvalue weighted by Gasteiger charge is -2.13. The standard InChI is InChI=1S/C23H22F2N4O2S/c1-4-32(30,31)19-10-15-14(13-8-9-13)6-5-7-16(15)27-21(19)22-28-17-11-20(23(2,24)25)26-12-18(17)29(22)3/h5-7,10-13H,4,8-9H2,1-3H3. The van der Waals surface area contributed by atoms with Crippen LogP contribution in [-0.2, 0) is 22.8 Å². The number of rotatable bonds is 5. The molecule has 1 aliphatic rings. The van der Waals surface area contributed by atoms with Gasteiger partial charge in [-0.3, -0.25) is 4.98 Å². The molecule has 5 rings (SSSR count). The highest BCUT2D eigenvalue weighted by Crippen LogP contribution is 2.44. The Bertz CT molecular complexity index is 1490. The maximum Gasteiger partial charge on any atom is 0.287 e. The molecule has 0 unspecified atom stereocenters. The lowest BCUT2D eigenvalue weighted by atomic mass is 10.0. The highest BCUT2D eigenvalue weighted by Gasteiger charge is 2.30. The molecule has 0 bridgehead atoms. The van der Waals surface area contributed by atoms with Crippen molar-refractivity contribution in [2.24, 2.45) is 7.05 Å². The summed E-state index contributed by atoms with van der Waals surface area (Å²) in [6, 6.07) is 8.74. The van der Waals surface area contributed by atoms with Crippen LogP contribution in [0.15, 0.2) is 41.4 Å². The number of fused-ring (bicyclic) bond motifs is 2. The van der Waals surface area contributed by atoms with E-state index in [1.165, 1.54) is 12.3 Å². The fourth-order valence-corrected chi connectivity index (χ4v) is 5.08. The van der Waals surface area contributed by atoms with Crippen LogP contribution in [0.2, 0.25) is 0 Å². The smallest absolute Gasteiger partial charge is 0.287 e. The van der Waals surface area contributed by atoms with Gasteiger partial charge in [-0.15, -0.1) is 0 Å². The highest BCUT2D eigenvalue weighted by molar-refractivity contribution is 7.91. The molecule has 3 aromatic heterocycles. The average Bonchev–Trinajstić information content (AvgIpc) is 3.55. The lowest BCUT2D eigenvalue weighted by Crippen LogP contribution is -2.09. The van der Waals surface area contributed by atoms with Crippen LogP contribution < -0.4 is 0 Å². The van der Waals surface area contributed by atoms with Gasteiger partial charge >= 0.3 is 0 Å². The number of halogens is 2. The van der Waals surface area contributed by atoms with Gasteiger partial charge in [-0.2, -0.15) is 8.78 Å². The van der Waals surface area contributed by atoms with Crippen LogP contribution in [0.5, 0.6) is 0 Å². The van der Waals surface area contributed by atoms with E-state index >= 15 is 0 Å². The summed E-state index contributed by atoms with van der Waals surface area (Å²) in [5.74, 6) is -2.47. The number of alkyl halides is 2. The van der Waals surface area contributed by atoms with Crippen LogP contribution >= 0.6 is 0 Å². The Morgan fingerprint density at radius 3 is 2.56 bits per heavy atom. The molecule has 0 spiro atoms. The van der Waals surface area contributed by atoms with Crippen LogP contribution in [0.3, 0.4) is 0 Å². The van der Waals surface area contributed by atoms with Crippen LogP contribution in [0, 0.1) is 0 Å². The minimum atomic E-state index is -3.63. The summed E-state index contributed by atoms with van der Waals surface area (Å²) in [6.07, 6.45) is 3.50. The van der Waals surface area contributed by atoms with Crippen LogP contribution in [0.25, 0.3) is 33.5 Å². The molecule has 0 radical (unpaired) electrons. The van der Waals surface area contributed by atoms with Crippen molar-refractivity contribution in [2.45, 2.75) is 43.4 Å². The average molecular weight is 457 g/mol. The monoisotopic (exact) mass is 456 g/mol. The molecule has 1 fully saturated rings. The minimum Gasteiger partial charge on any atom is -0.324 e. The molecular formula is C23H22F2N4O2S. The molecule has 1 aliphatic carbocycles. The van der Waals surface area contributed by atoms with E-state index in [0.29, 0.717) is 28.3 Å². The van der Waals surface area contributed by atoms with Gasteiger partial charge < -0.3 is 4.57 Å². The molecule has 0 amide bonds. The van der Waals surface area contributed by atoms with Crippen LogP contribution in [0.1, 0.15) is 43.9 Å². The molecular weight excluding hydrogens is 434 g/mol. The van der Waals surface area contributed by atoms with Crippen LogP contribution in [0.4, 0.5) is 8.78 Å². The normalized spacial score (nSPS) is 15.0. The zero-order valence-corrected chi connectivity index (χ0v) is 18.7. The van der Waals surface area contributed by atoms with Gasteiger partial charge in [0.05, 0.1) is 33.4 Å². The van der Waals surface area contributed by atoms with E-state index in [2.05, 4.69) is 9.97 Å². The number of imidazole rings is 1. The first kappa shape index (κ1) is 20.9. The Morgan fingerprint density at radius 2 is 1.91 bits per heavy atom. The summed E-state index contributed by atoms with van der Waals surface area (Å²) in [5.41, 5.74) is 2.44. The molecule has 32 heavy (non-hydrogen) atoms. The number of aryl methyl sites for hydroxylation is 1. The van der Waals surface area contributed by atoms with E-state index < -0.39 is 21.5 Å². The van der Waals surface area contributed by atoms with Gasteiger partial charge in [0, 0.05) is 19.4 Å². The molecule has 0 aliphatic heterocycles. The van der Waals surface area contributed by atoms with E-state index in [9.17, 15) is 17.2 Å². The van der Waals surface area contributed by atoms with Gasteiger partial charge in [0.15, 0.2) is 15.7 Å². The fraction of sp³-hybridized carbons (Fsp3) is 0.348. The SMILES string of the molecule is CCS(=O)(=O)c1cc2c(C3CC3)cccc2nc1-c1nc2cc(C(C)(F)F)ncc2n1C. The summed E-state index contributed by atoms with van der Waals surface area (Å²) in [4.78, 5) is 13.2. The van der Waals surface area contributed by atoms with E-state index in [1.54, 1.807) is 24.6 Å². The highest BCUT2D eigenvalue weighted by atomic mass is 32.2. The number of aromatic nitrogens is 4. The predicted octanol–water partition coefficient (Wildman–Crippen LogP) is 4.97. The van der Waals surface area contributed by atoms with Gasteiger partial charge in [-0.25, -0.2) is 18.4 Å². The number of hydrogen-bond acceptors (Lipinski definition) is 5. The molecule has 1 aromatic carbocycles. The predicted molar refractivity (Wildman–Crippen MR) is 119 cm³/mol. The van der Waals surface area contributed by atoms with Gasteiger partial charge in [0.25, 0.3) is 5.92 Å². The number of hydrogen-bond donors (Lipinski definition) is 0. The Morgan fingerprint density at radius 1 is 1.16 bits per heavy atom. The molecule has 3 heterocycles. The second kappa shape index (κ2) is 7.03. The van der Waals surface area contributed by atoms with E-state index in [1.807, 2.05) is 18.2 Å². The van der Waals surface area contributed by atoms with Crippen molar-refractivity contribution in [3.8, 4) is 11.5 Å². The van der Waals surface area contributed by atoms with Gasteiger partial charge in [0.1, 0.15) is 11.4 Å². The summed E-state index contributed by atoms with van der Waals surface area (Å²) in [5, 5.41) is 0.833. The van der Waals surface area contributed by atoms with E-state index in [4.69, 9.17) is 4.98 Å². The minimum absolute atomic E-state index is 0.0868. The third kappa shape index (κ3) is 3.35. The van der Waals surface area contributed by atoms with Gasteiger partial charge in [-0.1, -0.05) is 19.1 Å². The van der Waals surface area contributed by atoms with Gasteiger partial charge in [-0.05, 0) is 42.5 Å². The number of pyridine rings is 2. The lowest BCUT2D eigenvalue weighted by molar-refractivity contribution is 0.0129. The number of benzene rings is 1. The summed E-state index contributed by atoms with van der Waals surface area (Å²) < 4.78 is 55.3. The molecule has 0 N–H and O–H groups in total. The first-order chi connectivity index (χ1) is 15.1. The maximum absolute atomic E-state index is 13.8. The quantitative estimate of drug-likeness (QED) is 0.424. The summed E-state index contributed by atoms with van der Waals surface area (Å²) in [7, 11) is -1.93.